The third-order valence-corrected chi connectivity index (χ3v) is 15.2. The number of epoxide rings is 1. The molecule has 59 heavy (non-hydrogen) atoms. The lowest BCUT2D eigenvalue weighted by atomic mass is 9.49. The van der Waals surface area contributed by atoms with Crippen molar-refractivity contribution in [1.82, 2.24) is 9.80 Å². The highest BCUT2D eigenvalue weighted by Gasteiger charge is 2.93. The van der Waals surface area contributed by atoms with Crippen LogP contribution in [-0.2, 0) is 57.1 Å². The summed E-state index contributed by atoms with van der Waals surface area (Å²) in [6, 6.07) is 0. The number of ether oxygens (including phenoxy) is 7. The van der Waals surface area contributed by atoms with Crippen molar-refractivity contribution in [2.45, 2.75) is 133 Å². The maximum atomic E-state index is 13.7. The predicted molar refractivity (Wildman–Crippen MR) is 199 cm³/mol. The standard InChI is InChI=1S/C41H57N3O15/c1-20(2)40-16-23(40)35-41(59-35)38(4)11-10-22-25(45)18-54-33(22)24(38)17-55-39(41,5)36(40)57-30(49)9-7-28(47)44-14-12-43(13-15-44)27(46)6-8-29(48)53-19-26-32(51)34(58-37(42)52)31(50)21(3)56-26/h20-21,23-24,26,31-32,34-36,50-51H,6-19H2,1-5H3,(H2,42,52)/t21?,23-,24?,26+,31+,32+,34+,35-,36-,38-,39+,40+,41+/m0/s1. The van der Waals surface area contributed by atoms with Crippen molar-refractivity contribution >= 4 is 35.6 Å². The molecule has 0 radical (unpaired) electrons. The number of fused-ring (bicyclic) bond motifs is 4. The number of carbonyl (C=O) groups excluding carboxylic acids is 6. The molecule has 326 valence electrons. The van der Waals surface area contributed by atoms with Crippen LogP contribution in [0.1, 0.15) is 79.6 Å². The number of aliphatic hydroxyl groups is 2. The fourth-order valence-electron chi connectivity index (χ4n) is 11.8. The summed E-state index contributed by atoms with van der Waals surface area (Å²) in [6.07, 6.45) is -6.32. The van der Waals surface area contributed by atoms with Crippen molar-refractivity contribution in [1.29, 1.82) is 0 Å². The van der Waals surface area contributed by atoms with Gasteiger partial charge < -0.3 is 58.9 Å². The second-order valence-corrected chi connectivity index (χ2v) is 18.4. The maximum Gasteiger partial charge on any atom is 0.404 e. The largest absolute Gasteiger partial charge is 0.489 e. The molecule has 2 saturated carbocycles. The average molecular weight is 832 g/mol. The van der Waals surface area contributed by atoms with Crippen LogP contribution in [0.5, 0.6) is 0 Å². The quantitative estimate of drug-likeness (QED) is 0.146. The smallest absolute Gasteiger partial charge is 0.404 e. The number of piperazine rings is 1. The van der Waals surface area contributed by atoms with Crippen molar-refractivity contribution in [3.8, 4) is 0 Å². The van der Waals surface area contributed by atoms with E-state index in [1.807, 2.05) is 6.92 Å². The van der Waals surface area contributed by atoms with Gasteiger partial charge in [-0.25, -0.2) is 4.79 Å². The Bertz CT molecular complexity index is 1810. The predicted octanol–water partition coefficient (Wildman–Crippen LogP) is 0.518. The summed E-state index contributed by atoms with van der Waals surface area (Å²) in [7, 11) is 0. The molecule has 8 aliphatic rings. The van der Waals surface area contributed by atoms with Gasteiger partial charge in [-0.15, -0.1) is 0 Å². The highest BCUT2D eigenvalue weighted by atomic mass is 16.7. The van der Waals surface area contributed by atoms with Crippen molar-refractivity contribution in [2.75, 3.05) is 46.0 Å². The van der Waals surface area contributed by atoms with Crippen LogP contribution in [0.25, 0.3) is 0 Å². The molecule has 3 aliphatic carbocycles. The van der Waals surface area contributed by atoms with Crippen LogP contribution >= 0.6 is 0 Å². The van der Waals surface area contributed by atoms with E-state index in [1.165, 1.54) is 6.92 Å². The van der Waals surface area contributed by atoms with Crippen LogP contribution < -0.4 is 5.73 Å². The number of ketones is 1. The molecule has 4 N–H and O–H groups in total. The zero-order valence-corrected chi connectivity index (χ0v) is 34.3. The summed E-state index contributed by atoms with van der Waals surface area (Å²) in [6.45, 7) is 11.1. The van der Waals surface area contributed by atoms with Crippen molar-refractivity contribution in [3.05, 3.63) is 11.3 Å². The number of hydrogen-bond donors (Lipinski definition) is 3. The summed E-state index contributed by atoms with van der Waals surface area (Å²) in [4.78, 5) is 79.4. The molecule has 18 heteroatoms. The first-order chi connectivity index (χ1) is 27.9. The molecule has 0 aromatic carbocycles. The number of Topliss-reactive ketones (excluding diaryl/α,β-unsaturated/α-hetero) is 1. The minimum atomic E-state index is -1.51. The van der Waals surface area contributed by atoms with E-state index in [2.05, 4.69) is 20.8 Å². The Labute approximate surface area is 342 Å². The Balaban J connectivity index is 0.806. The lowest BCUT2D eigenvalue weighted by Gasteiger charge is -2.60. The molecule has 4 saturated heterocycles. The number of esters is 2. The normalized spacial score (nSPS) is 41.7. The molecular weight excluding hydrogens is 774 g/mol. The Morgan fingerprint density at radius 3 is 2.20 bits per heavy atom. The lowest BCUT2D eigenvalue weighted by Crippen LogP contribution is -2.73. The Morgan fingerprint density at radius 1 is 0.932 bits per heavy atom. The molecule has 5 heterocycles. The summed E-state index contributed by atoms with van der Waals surface area (Å²) >= 11 is 0. The summed E-state index contributed by atoms with van der Waals surface area (Å²) < 4.78 is 41.6. The average Bonchev–Trinajstić information content (AvgIpc) is 4.11. The van der Waals surface area contributed by atoms with Crippen molar-refractivity contribution in [3.63, 3.8) is 0 Å². The molecule has 2 unspecified atom stereocenters. The zero-order chi connectivity index (χ0) is 42.4. The number of primary amides is 1. The van der Waals surface area contributed by atoms with Gasteiger partial charge in [0.2, 0.25) is 11.8 Å². The minimum absolute atomic E-state index is 0.0397. The molecule has 0 bridgehead atoms. The van der Waals surface area contributed by atoms with Crippen molar-refractivity contribution in [2.24, 2.45) is 34.3 Å². The second-order valence-electron chi connectivity index (χ2n) is 18.4. The van der Waals surface area contributed by atoms with Crippen LogP contribution in [-0.4, -0.2) is 156 Å². The van der Waals surface area contributed by atoms with Crippen LogP contribution in [0.15, 0.2) is 11.3 Å². The number of amides is 3. The van der Waals surface area contributed by atoms with E-state index in [9.17, 15) is 39.0 Å². The molecular formula is C41H57N3O15. The van der Waals surface area contributed by atoms with Gasteiger partial charge in [0.1, 0.15) is 48.0 Å². The van der Waals surface area contributed by atoms with Gasteiger partial charge in [-0.05, 0) is 44.9 Å². The van der Waals surface area contributed by atoms with Gasteiger partial charge in [-0.2, -0.15) is 0 Å². The van der Waals surface area contributed by atoms with Crippen molar-refractivity contribution < 1.29 is 72.1 Å². The summed E-state index contributed by atoms with van der Waals surface area (Å²) in [5, 5.41) is 20.7. The molecule has 6 fully saturated rings. The number of aliphatic hydroxyl groups excluding tert-OH is 2. The molecule has 5 aliphatic heterocycles. The first-order valence-corrected chi connectivity index (χ1v) is 21.0. The maximum absolute atomic E-state index is 13.7. The van der Waals surface area contributed by atoms with Crippen LogP contribution in [0, 0.1) is 28.6 Å². The topological polar surface area (TPSA) is 243 Å². The Kier molecular flexibility index (Phi) is 10.6. The van der Waals surface area contributed by atoms with Gasteiger partial charge in [-0.3, -0.25) is 24.0 Å². The monoisotopic (exact) mass is 831 g/mol. The molecule has 8 rings (SSSR count). The van der Waals surface area contributed by atoms with Crippen LogP contribution in [0.4, 0.5) is 4.79 Å². The summed E-state index contributed by atoms with van der Waals surface area (Å²) in [5.41, 5.74) is 3.45. The minimum Gasteiger partial charge on any atom is -0.489 e. The molecule has 18 nitrogen and oxygen atoms in total. The highest BCUT2D eigenvalue weighted by Crippen LogP contribution is 2.82. The number of nitrogens with zero attached hydrogens (tertiary/aromatic N) is 2. The molecule has 0 aromatic heterocycles. The van der Waals surface area contributed by atoms with E-state index in [0.717, 1.165) is 24.2 Å². The fourth-order valence-corrected chi connectivity index (χ4v) is 11.8. The Hall–Kier alpha value is -3.84. The van der Waals surface area contributed by atoms with E-state index in [1.54, 1.807) is 9.80 Å². The molecule has 13 atom stereocenters. The van der Waals surface area contributed by atoms with Gasteiger partial charge >= 0.3 is 18.0 Å². The first-order valence-electron chi connectivity index (χ1n) is 21.0. The van der Waals surface area contributed by atoms with Gasteiger partial charge in [0, 0.05) is 61.3 Å². The van der Waals surface area contributed by atoms with E-state index >= 15 is 0 Å². The number of carbonyl (C=O) groups is 6. The second kappa shape index (κ2) is 15.0. The highest BCUT2D eigenvalue weighted by molar-refractivity contribution is 5.99. The third kappa shape index (κ3) is 6.53. The molecule has 0 aromatic rings. The number of rotatable bonds is 11. The third-order valence-electron chi connectivity index (χ3n) is 15.2. The fraction of sp³-hybridized carbons (Fsp3) is 0.805. The van der Waals surface area contributed by atoms with E-state index in [4.69, 9.17) is 38.9 Å². The van der Waals surface area contributed by atoms with E-state index in [0.29, 0.717) is 13.0 Å². The van der Waals surface area contributed by atoms with Crippen LogP contribution in [0.2, 0.25) is 0 Å². The number of hydrogen-bond acceptors (Lipinski definition) is 15. The summed E-state index contributed by atoms with van der Waals surface area (Å²) in [5.74, 6) is -0.682. The van der Waals surface area contributed by atoms with Gasteiger partial charge in [-0.1, -0.05) is 20.8 Å². The van der Waals surface area contributed by atoms with Gasteiger partial charge in [0.15, 0.2) is 18.5 Å². The first kappa shape index (κ1) is 41.9. The van der Waals surface area contributed by atoms with Gasteiger partial charge in [0.05, 0.1) is 31.7 Å². The lowest BCUT2D eigenvalue weighted by molar-refractivity contribution is -0.268. The SMILES string of the molecule is CC1O[C@H](COC(=O)CCC(=O)N2CCN(C(=O)CCC(=O)O[C@@H]3[C@@]4(C(C)C)C[C@H]4[C@@H]4O[C@@]45[C@@]4(C)CCC6=C(OCC6=O)C4CO[C@]35C)CC2)[C@@H](O)[C@H](OC(N)=O)[C@@H]1O. The zero-order valence-electron chi connectivity index (χ0n) is 34.3. The van der Waals surface area contributed by atoms with Crippen LogP contribution in [0.3, 0.4) is 0 Å². The van der Waals surface area contributed by atoms with Gasteiger partial charge in [0.25, 0.3) is 0 Å². The molecule has 1 spiro atoms. The Morgan fingerprint density at radius 2 is 1.58 bits per heavy atom. The van der Waals surface area contributed by atoms with E-state index < -0.39 is 72.5 Å². The van der Waals surface area contributed by atoms with E-state index in [-0.39, 0.29) is 111 Å². The molecule has 3 amide bonds. The number of nitrogens with two attached hydrogens (primary N) is 1.